The van der Waals surface area contributed by atoms with Gasteiger partial charge in [-0.1, -0.05) is 19.9 Å². The maximum atomic E-state index is 13.3. The second-order valence-electron chi connectivity index (χ2n) is 8.56. The molecule has 0 saturated heterocycles. The number of hydrogen-bond acceptors (Lipinski definition) is 6. The second-order valence-corrected chi connectivity index (χ2v) is 8.56. The number of pyridine rings is 2. The number of carbonyl (C=O) groups excluding carboxylic acids is 1. The van der Waals surface area contributed by atoms with Gasteiger partial charge >= 0.3 is 0 Å². The number of nitrogens with zero attached hydrogens (tertiary/aromatic N) is 5. The van der Waals surface area contributed by atoms with Gasteiger partial charge in [0.05, 0.1) is 25.2 Å². The van der Waals surface area contributed by atoms with Crippen molar-refractivity contribution >= 4 is 22.6 Å². The highest BCUT2D eigenvalue weighted by molar-refractivity contribution is 5.96. The minimum absolute atomic E-state index is 0.105. The van der Waals surface area contributed by atoms with Crippen molar-refractivity contribution in [3.63, 3.8) is 0 Å². The molecule has 0 saturated carbocycles. The Morgan fingerprint density at radius 2 is 1.83 bits per heavy atom. The fraction of sp³-hybridized carbons (Fsp3) is 0.269. The number of carbonyl (C=O) groups is 1. The number of methoxy groups -OCH3 is 2. The van der Waals surface area contributed by atoms with Gasteiger partial charge in [0.2, 0.25) is 0 Å². The molecule has 3 heterocycles. The van der Waals surface area contributed by atoms with Crippen LogP contribution in [-0.2, 0) is 6.54 Å². The SMILES string of the molecule is COc1cc(OC)cc(C(=O)N=c2c(C#N)cc3c(=O)n4cccc(C)c4nc3n2CC(C)C)c1. The Hall–Kier alpha value is -4.45. The number of rotatable bonds is 5. The molecule has 35 heavy (non-hydrogen) atoms. The average molecular weight is 472 g/mol. The van der Waals surface area contributed by atoms with E-state index in [9.17, 15) is 14.9 Å². The van der Waals surface area contributed by atoms with E-state index in [2.05, 4.69) is 11.1 Å². The normalized spacial score (nSPS) is 11.7. The van der Waals surface area contributed by atoms with Gasteiger partial charge in [-0.25, -0.2) is 4.98 Å². The molecule has 0 aliphatic rings. The molecule has 0 fully saturated rings. The summed E-state index contributed by atoms with van der Waals surface area (Å²) in [5.41, 5.74) is 1.89. The van der Waals surface area contributed by atoms with Gasteiger partial charge in [0, 0.05) is 24.4 Å². The predicted molar refractivity (Wildman–Crippen MR) is 131 cm³/mol. The van der Waals surface area contributed by atoms with Crippen molar-refractivity contribution in [1.29, 1.82) is 5.26 Å². The lowest BCUT2D eigenvalue weighted by Gasteiger charge is -2.15. The summed E-state index contributed by atoms with van der Waals surface area (Å²) in [6.07, 6.45) is 1.65. The first-order valence-corrected chi connectivity index (χ1v) is 11.0. The predicted octanol–water partition coefficient (Wildman–Crippen LogP) is 3.24. The lowest BCUT2D eigenvalue weighted by Crippen LogP contribution is -2.31. The maximum Gasteiger partial charge on any atom is 0.279 e. The highest BCUT2D eigenvalue weighted by atomic mass is 16.5. The molecule has 1 aromatic carbocycles. The van der Waals surface area contributed by atoms with Crippen LogP contribution in [0.15, 0.2) is 52.4 Å². The minimum Gasteiger partial charge on any atom is -0.497 e. The fourth-order valence-electron chi connectivity index (χ4n) is 3.92. The third-order valence-corrected chi connectivity index (χ3v) is 5.58. The zero-order chi connectivity index (χ0) is 25.3. The van der Waals surface area contributed by atoms with Crippen LogP contribution in [0, 0.1) is 24.2 Å². The van der Waals surface area contributed by atoms with Gasteiger partial charge in [0.25, 0.3) is 11.5 Å². The van der Waals surface area contributed by atoms with E-state index >= 15 is 0 Å². The summed E-state index contributed by atoms with van der Waals surface area (Å²) in [5, 5.41) is 10.2. The molecule has 0 spiro atoms. The van der Waals surface area contributed by atoms with Crippen molar-refractivity contribution in [2.75, 3.05) is 14.2 Å². The Morgan fingerprint density at radius 1 is 1.14 bits per heavy atom. The quantitative estimate of drug-likeness (QED) is 0.413. The molecular weight excluding hydrogens is 446 g/mol. The Morgan fingerprint density at radius 3 is 2.43 bits per heavy atom. The highest BCUT2D eigenvalue weighted by Crippen LogP contribution is 2.23. The molecule has 0 aliphatic carbocycles. The molecule has 4 rings (SSSR count). The molecule has 0 bridgehead atoms. The fourth-order valence-corrected chi connectivity index (χ4v) is 3.92. The molecule has 4 aromatic rings. The van der Waals surface area contributed by atoms with E-state index in [1.54, 1.807) is 35.0 Å². The van der Waals surface area contributed by atoms with Crippen LogP contribution in [0.2, 0.25) is 0 Å². The highest BCUT2D eigenvalue weighted by Gasteiger charge is 2.17. The number of fused-ring (bicyclic) bond motifs is 2. The van der Waals surface area contributed by atoms with Gasteiger partial charge in [-0.2, -0.15) is 10.3 Å². The Labute approximate surface area is 201 Å². The van der Waals surface area contributed by atoms with E-state index in [0.717, 1.165) is 5.56 Å². The largest absolute Gasteiger partial charge is 0.497 e. The molecule has 0 radical (unpaired) electrons. The number of hydrogen-bond donors (Lipinski definition) is 0. The van der Waals surface area contributed by atoms with Crippen molar-refractivity contribution in [3.05, 3.63) is 75.1 Å². The molecule has 3 aromatic heterocycles. The van der Waals surface area contributed by atoms with Gasteiger partial charge in [0.15, 0.2) is 5.49 Å². The summed E-state index contributed by atoms with van der Waals surface area (Å²) in [4.78, 5) is 35.7. The van der Waals surface area contributed by atoms with Crippen LogP contribution in [0.25, 0.3) is 16.7 Å². The van der Waals surface area contributed by atoms with Crippen molar-refractivity contribution in [2.24, 2.45) is 10.9 Å². The third kappa shape index (κ3) is 4.38. The summed E-state index contributed by atoms with van der Waals surface area (Å²) < 4.78 is 13.7. The maximum absolute atomic E-state index is 13.3. The topological polar surface area (TPSA) is 111 Å². The Bertz CT molecular complexity index is 1620. The minimum atomic E-state index is -0.579. The summed E-state index contributed by atoms with van der Waals surface area (Å²) in [6, 6.07) is 11.9. The molecule has 9 heteroatoms. The van der Waals surface area contributed by atoms with Crippen LogP contribution in [-0.4, -0.2) is 34.1 Å². The zero-order valence-corrected chi connectivity index (χ0v) is 20.2. The van der Waals surface area contributed by atoms with Crippen molar-refractivity contribution in [1.82, 2.24) is 14.0 Å². The van der Waals surface area contributed by atoms with Crippen molar-refractivity contribution in [2.45, 2.75) is 27.3 Å². The van der Waals surface area contributed by atoms with Crippen molar-refractivity contribution < 1.29 is 14.3 Å². The molecule has 9 nitrogen and oxygen atoms in total. The summed E-state index contributed by atoms with van der Waals surface area (Å²) in [6.45, 7) is 6.26. The lowest BCUT2D eigenvalue weighted by atomic mass is 10.1. The van der Waals surface area contributed by atoms with Gasteiger partial charge in [-0.3, -0.25) is 14.0 Å². The van der Waals surface area contributed by atoms with Gasteiger partial charge < -0.3 is 14.0 Å². The summed E-state index contributed by atoms with van der Waals surface area (Å²) in [7, 11) is 2.98. The zero-order valence-electron chi connectivity index (χ0n) is 20.2. The monoisotopic (exact) mass is 471 g/mol. The molecule has 0 aliphatic heterocycles. The van der Waals surface area contributed by atoms with E-state index in [1.807, 2.05) is 26.8 Å². The molecule has 178 valence electrons. The number of nitriles is 1. The van der Waals surface area contributed by atoms with E-state index in [1.165, 1.54) is 24.7 Å². The van der Waals surface area contributed by atoms with Crippen LogP contribution in [0.3, 0.4) is 0 Å². The van der Waals surface area contributed by atoms with Gasteiger partial charge in [0.1, 0.15) is 28.9 Å². The number of aryl methyl sites for hydroxylation is 1. The first-order valence-electron chi connectivity index (χ1n) is 11.0. The molecule has 0 unspecified atom stereocenters. The Balaban J connectivity index is 2.09. The van der Waals surface area contributed by atoms with E-state index in [-0.39, 0.29) is 33.5 Å². The second kappa shape index (κ2) is 9.43. The molecule has 0 N–H and O–H groups in total. The van der Waals surface area contributed by atoms with E-state index in [4.69, 9.17) is 14.5 Å². The standard InChI is InChI=1S/C26H25N5O4/c1-15(2)14-31-23(29-25(32)17-9-19(34-4)12-20(10-17)35-5)18(13-27)11-21-24(31)28-22-16(3)7-6-8-30(22)26(21)33/h6-12,15H,14H2,1-5H3. The summed E-state index contributed by atoms with van der Waals surface area (Å²) >= 11 is 0. The van der Waals surface area contributed by atoms with Crippen LogP contribution >= 0.6 is 0 Å². The first-order chi connectivity index (χ1) is 16.8. The number of amides is 1. The Kier molecular flexibility index (Phi) is 6.38. The summed E-state index contributed by atoms with van der Waals surface area (Å²) in [5.74, 6) is 0.418. The smallest absolute Gasteiger partial charge is 0.279 e. The van der Waals surface area contributed by atoms with Crippen LogP contribution in [0.1, 0.15) is 35.3 Å². The van der Waals surface area contributed by atoms with Crippen LogP contribution < -0.4 is 20.5 Å². The van der Waals surface area contributed by atoms with Crippen LogP contribution in [0.4, 0.5) is 0 Å². The third-order valence-electron chi connectivity index (χ3n) is 5.58. The van der Waals surface area contributed by atoms with Gasteiger partial charge in [-0.15, -0.1) is 0 Å². The lowest BCUT2D eigenvalue weighted by molar-refractivity contribution is 0.0996. The first kappa shape index (κ1) is 23.7. The van der Waals surface area contributed by atoms with Gasteiger partial charge in [-0.05, 0) is 42.7 Å². The van der Waals surface area contributed by atoms with Crippen LogP contribution in [0.5, 0.6) is 11.5 Å². The van der Waals surface area contributed by atoms with Crippen molar-refractivity contribution in [3.8, 4) is 17.6 Å². The number of ether oxygens (including phenoxy) is 2. The van der Waals surface area contributed by atoms with E-state index < -0.39 is 5.91 Å². The molecule has 0 atom stereocenters. The molecular formula is C26H25N5O4. The molecule has 1 amide bonds. The van der Waals surface area contributed by atoms with E-state index in [0.29, 0.717) is 29.3 Å². The number of aromatic nitrogens is 3. The average Bonchev–Trinajstić information content (AvgIpc) is 2.85. The number of benzene rings is 1.